The maximum atomic E-state index is 12.0. The lowest BCUT2D eigenvalue weighted by molar-refractivity contribution is -0.121. The number of ether oxygens (including phenoxy) is 3. The minimum Gasteiger partial charge on any atom is -0.493 e. The van der Waals surface area contributed by atoms with Gasteiger partial charge in [0.15, 0.2) is 11.5 Å². The largest absolute Gasteiger partial charge is 0.493 e. The van der Waals surface area contributed by atoms with E-state index in [1.807, 2.05) is 12.1 Å². The Hall–Kier alpha value is -2.11. The zero-order chi connectivity index (χ0) is 17.4. The zero-order valence-corrected chi connectivity index (χ0v) is 14.8. The van der Waals surface area contributed by atoms with Gasteiger partial charge in [0.05, 0.1) is 21.3 Å². The van der Waals surface area contributed by atoms with Crippen LogP contribution in [0.15, 0.2) is 12.1 Å². The van der Waals surface area contributed by atoms with Crippen LogP contribution in [-0.4, -0.2) is 39.8 Å². The van der Waals surface area contributed by atoms with Crippen LogP contribution in [0.5, 0.6) is 17.2 Å². The van der Waals surface area contributed by atoms with E-state index < -0.39 is 0 Å². The van der Waals surface area contributed by atoms with Gasteiger partial charge in [-0.05, 0) is 12.8 Å². The maximum absolute atomic E-state index is 12.0. The molecule has 0 heterocycles. The molecule has 0 aromatic heterocycles. The second kappa shape index (κ2) is 9.25. The summed E-state index contributed by atoms with van der Waals surface area (Å²) in [4.78, 5) is 12.0. The lowest BCUT2D eigenvalue weighted by Crippen LogP contribution is -2.36. The first-order chi connectivity index (χ1) is 11.7. The van der Waals surface area contributed by atoms with Crippen molar-refractivity contribution in [3.8, 4) is 17.2 Å². The second-order valence-corrected chi connectivity index (χ2v) is 5.99. The van der Waals surface area contributed by atoms with E-state index in [4.69, 9.17) is 14.2 Å². The van der Waals surface area contributed by atoms with E-state index in [-0.39, 0.29) is 5.91 Å². The van der Waals surface area contributed by atoms with Crippen LogP contribution < -0.4 is 24.8 Å². The number of rotatable bonds is 8. The van der Waals surface area contributed by atoms with Crippen molar-refractivity contribution in [2.45, 2.75) is 44.6 Å². The van der Waals surface area contributed by atoms with Crippen LogP contribution in [0, 0.1) is 0 Å². The van der Waals surface area contributed by atoms with Crippen molar-refractivity contribution in [1.29, 1.82) is 0 Å². The van der Waals surface area contributed by atoms with Gasteiger partial charge >= 0.3 is 0 Å². The van der Waals surface area contributed by atoms with Gasteiger partial charge in [-0.15, -0.1) is 0 Å². The van der Waals surface area contributed by atoms with E-state index in [0.717, 1.165) is 18.5 Å². The Kier molecular flexibility index (Phi) is 7.03. The molecule has 0 unspecified atom stereocenters. The van der Waals surface area contributed by atoms with Gasteiger partial charge in [-0.25, -0.2) is 0 Å². The van der Waals surface area contributed by atoms with E-state index in [1.165, 1.54) is 19.3 Å². The Morgan fingerprint density at radius 3 is 2.21 bits per heavy atom. The number of benzene rings is 1. The van der Waals surface area contributed by atoms with Gasteiger partial charge in [-0.3, -0.25) is 4.79 Å². The number of hydrogen-bond acceptors (Lipinski definition) is 5. The molecule has 1 aromatic rings. The minimum absolute atomic E-state index is 0.0989. The summed E-state index contributed by atoms with van der Waals surface area (Å²) in [5.74, 6) is 1.83. The third-order valence-electron chi connectivity index (χ3n) is 4.32. The molecule has 0 atom stereocenters. The normalized spacial score (nSPS) is 14.8. The highest BCUT2D eigenvalue weighted by molar-refractivity contribution is 5.77. The van der Waals surface area contributed by atoms with Gasteiger partial charge in [-0.2, -0.15) is 0 Å². The van der Waals surface area contributed by atoms with Crippen molar-refractivity contribution in [3.63, 3.8) is 0 Å². The molecule has 1 fully saturated rings. The highest BCUT2D eigenvalue weighted by Gasteiger charge is 2.16. The molecule has 2 rings (SSSR count). The van der Waals surface area contributed by atoms with Crippen LogP contribution in [0.2, 0.25) is 0 Å². The molecule has 1 aliphatic carbocycles. The molecular weight excluding hydrogens is 308 g/mol. The lowest BCUT2D eigenvalue weighted by atomic mass is 9.95. The first kappa shape index (κ1) is 18.2. The third-order valence-corrected chi connectivity index (χ3v) is 4.32. The van der Waals surface area contributed by atoms with Crippen molar-refractivity contribution < 1.29 is 19.0 Å². The van der Waals surface area contributed by atoms with Gasteiger partial charge in [0.25, 0.3) is 0 Å². The Labute approximate surface area is 143 Å². The first-order valence-corrected chi connectivity index (χ1v) is 8.51. The molecule has 1 aromatic carbocycles. The molecule has 0 aliphatic heterocycles. The molecule has 134 valence electrons. The predicted molar refractivity (Wildman–Crippen MR) is 94.2 cm³/mol. The van der Waals surface area contributed by atoms with Crippen molar-refractivity contribution in [2.75, 3.05) is 33.2 Å². The average Bonchev–Trinajstić information content (AvgIpc) is 2.61. The summed E-state index contributed by atoms with van der Waals surface area (Å²) in [7, 11) is 4.74. The molecule has 2 N–H and O–H groups in total. The highest BCUT2D eigenvalue weighted by atomic mass is 16.5. The lowest BCUT2D eigenvalue weighted by Gasteiger charge is -2.22. The summed E-state index contributed by atoms with van der Waals surface area (Å²) < 4.78 is 15.9. The summed E-state index contributed by atoms with van der Waals surface area (Å²) in [5.41, 5.74) is 0.829. The van der Waals surface area contributed by atoms with Gasteiger partial charge in [0.2, 0.25) is 11.7 Å². The number of nitrogens with one attached hydrogen (secondary N) is 2. The zero-order valence-electron chi connectivity index (χ0n) is 14.8. The van der Waals surface area contributed by atoms with Gasteiger partial charge in [-0.1, -0.05) is 19.3 Å². The SMILES string of the molecule is COc1cc(NCCC(=O)NC2CCCCC2)cc(OC)c1OC. The molecule has 0 spiro atoms. The molecule has 1 amide bonds. The van der Waals surface area contributed by atoms with Crippen molar-refractivity contribution in [3.05, 3.63) is 12.1 Å². The Bertz CT molecular complexity index is 517. The number of methoxy groups -OCH3 is 3. The summed E-state index contributed by atoms with van der Waals surface area (Å²) >= 11 is 0. The summed E-state index contributed by atoms with van der Waals surface area (Å²) in [6, 6.07) is 4.02. The average molecular weight is 336 g/mol. The fourth-order valence-corrected chi connectivity index (χ4v) is 3.05. The van der Waals surface area contributed by atoms with Gasteiger partial charge < -0.3 is 24.8 Å². The van der Waals surface area contributed by atoms with E-state index in [9.17, 15) is 4.79 Å². The minimum atomic E-state index is 0.0989. The molecular formula is C18H28N2O4. The molecule has 0 bridgehead atoms. The van der Waals surface area contributed by atoms with Crippen LogP contribution >= 0.6 is 0 Å². The topological polar surface area (TPSA) is 68.8 Å². The van der Waals surface area contributed by atoms with E-state index in [0.29, 0.717) is 36.3 Å². The summed E-state index contributed by atoms with van der Waals surface area (Å²) in [6.45, 7) is 0.553. The first-order valence-electron chi connectivity index (χ1n) is 8.51. The van der Waals surface area contributed by atoms with Crippen LogP contribution in [0.25, 0.3) is 0 Å². The summed E-state index contributed by atoms with van der Waals surface area (Å²) in [6.07, 6.45) is 6.36. The van der Waals surface area contributed by atoms with Crippen molar-refractivity contribution in [1.82, 2.24) is 5.32 Å². The van der Waals surface area contributed by atoms with Crippen molar-refractivity contribution >= 4 is 11.6 Å². The van der Waals surface area contributed by atoms with E-state index in [2.05, 4.69) is 10.6 Å². The standard InChI is InChI=1S/C18H28N2O4/c1-22-15-11-14(12-16(23-2)18(15)24-3)19-10-9-17(21)20-13-7-5-4-6-8-13/h11-13,19H,4-10H2,1-3H3,(H,20,21). The Morgan fingerprint density at radius 2 is 1.67 bits per heavy atom. The van der Waals surface area contributed by atoms with Crippen LogP contribution in [-0.2, 0) is 4.79 Å². The molecule has 1 aliphatic rings. The van der Waals surface area contributed by atoms with Crippen LogP contribution in [0.3, 0.4) is 0 Å². The van der Waals surface area contributed by atoms with Gasteiger partial charge in [0, 0.05) is 36.8 Å². The quantitative estimate of drug-likeness (QED) is 0.764. The monoisotopic (exact) mass is 336 g/mol. The smallest absolute Gasteiger partial charge is 0.221 e. The fourth-order valence-electron chi connectivity index (χ4n) is 3.05. The van der Waals surface area contributed by atoms with Gasteiger partial charge in [0.1, 0.15) is 0 Å². The summed E-state index contributed by atoms with van der Waals surface area (Å²) in [5, 5.41) is 6.36. The number of carbonyl (C=O) groups is 1. The Morgan fingerprint density at radius 1 is 1.04 bits per heavy atom. The molecule has 0 radical (unpaired) electrons. The van der Waals surface area contributed by atoms with Crippen LogP contribution in [0.1, 0.15) is 38.5 Å². The van der Waals surface area contributed by atoms with E-state index in [1.54, 1.807) is 21.3 Å². The van der Waals surface area contributed by atoms with Crippen molar-refractivity contribution in [2.24, 2.45) is 0 Å². The Balaban J connectivity index is 1.86. The fraction of sp³-hybridized carbons (Fsp3) is 0.611. The molecule has 1 saturated carbocycles. The highest BCUT2D eigenvalue weighted by Crippen LogP contribution is 2.39. The molecule has 6 nitrogen and oxygen atoms in total. The maximum Gasteiger partial charge on any atom is 0.221 e. The number of anilines is 1. The second-order valence-electron chi connectivity index (χ2n) is 5.99. The number of amides is 1. The molecule has 24 heavy (non-hydrogen) atoms. The van der Waals surface area contributed by atoms with E-state index >= 15 is 0 Å². The molecule has 0 saturated heterocycles. The number of hydrogen-bond donors (Lipinski definition) is 2. The van der Waals surface area contributed by atoms with Crippen LogP contribution in [0.4, 0.5) is 5.69 Å². The third kappa shape index (κ3) is 4.94. The number of carbonyl (C=O) groups excluding carboxylic acids is 1. The molecule has 6 heteroatoms. The predicted octanol–water partition coefficient (Wildman–Crippen LogP) is 2.96.